The van der Waals surface area contributed by atoms with E-state index in [1.165, 1.54) is 28.7 Å². The van der Waals surface area contributed by atoms with Crippen molar-refractivity contribution in [3.8, 4) is 17.2 Å². The van der Waals surface area contributed by atoms with Crippen molar-refractivity contribution in [2.24, 2.45) is 0 Å². The number of anilines is 3. The molecule has 35 heavy (non-hydrogen) atoms. The number of fused-ring (bicyclic) bond motifs is 1. The molecule has 3 heterocycles. The quantitative estimate of drug-likeness (QED) is 0.397. The summed E-state index contributed by atoms with van der Waals surface area (Å²) >= 11 is 0. The topological polar surface area (TPSA) is 135 Å². The zero-order valence-electron chi connectivity index (χ0n) is 18.7. The maximum Gasteiger partial charge on any atom is 0.263 e. The lowest BCUT2D eigenvalue weighted by Gasteiger charge is -2.24. The number of nitrogens with two attached hydrogens (primary N) is 2. The summed E-state index contributed by atoms with van der Waals surface area (Å²) < 4.78 is 29.7. The number of nitrogens with zero attached hydrogens (tertiary/aromatic N) is 4. The van der Waals surface area contributed by atoms with Gasteiger partial charge >= 0.3 is 0 Å². The highest BCUT2D eigenvalue weighted by Crippen LogP contribution is 2.47. The van der Waals surface area contributed by atoms with Crippen molar-refractivity contribution in [3.05, 3.63) is 81.4 Å². The van der Waals surface area contributed by atoms with Crippen LogP contribution in [-0.4, -0.2) is 14.4 Å². The lowest BCUT2D eigenvalue weighted by Crippen LogP contribution is -2.24. The van der Waals surface area contributed by atoms with Gasteiger partial charge in [-0.25, -0.2) is 8.78 Å². The molecule has 1 atom stereocenters. The van der Waals surface area contributed by atoms with Gasteiger partial charge < -0.3 is 16.8 Å². The van der Waals surface area contributed by atoms with Crippen molar-refractivity contribution >= 4 is 23.0 Å². The van der Waals surface area contributed by atoms with Gasteiger partial charge in [0.05, 0.1) is 17.1 Å². The maximum atomic E-state index is 14.2. The Labute approximate surface area is 198 Å². The SMILES string of the molecule is CC(Nc1nc(N)nc(C#N)c1N)c1c(-c2cccc(F)c2)c(=O)n2cc(F)ccc2c1C1CC1. The fourth-order valence-corrected chi connectivity index (χ4v) is 4.50. The van der Waals surface area contributed by atoms with Gasteiger partial charge in [-0.1, -0.05) is 12.1 Å². The third-order valence-corrected chi connectivity index (χ3v) is 6.13. The fraction of sp³-hybridized carbons (Fsp3) is 0.200. The Morgan fingerprint density at radius 1 is 1.17 bits per heavy atom. The molecule has 1 aliphatic rings. The molecule has 1 fully saturated rings. The molecule has 176 valence electrons. The summed E-state index contributed by atoms with van der Waals surface area (Å²) in [5, 5.41) is 12.5. The van der Waals surface area contributed by atoms with E-state index < -0.39 is 23.2 Å². The van der Waals surface area contributed by atoms with Crippen molar-refractivity contribution in [2.45, 2.75) is 31.7 Å². The Kier molecular flexibility index (Phi) is 5.32. The highest BCUT2D eigenvalue weighted by molar-refractivity contribution is 5.77. The zero-order chi connectivity index (χ0) is 24.9. The van der Waals surface area contributed by atoms with E-state index in [0.717, 1.165) is 24.6 Å². The first-order chi connectivity index (χ1) is 16.8. The molecule has 4 aromatic rings. The number of nitrogen functional groups attached to an aromatic ring is 2. The molecule has 8 nitrogen and oxygen atoms in total. The van der Waals surface area contributed by atoms with E-state index in [0.29, 0.717) is 16.6 Å². The molecule has 10 heteroatoms. The van der Waals surface area contributed by atoms with Crippen LogP contribution in [-0.2, 0) is 0 Å². The van der Waals surface area contributed by atoms with E-state index in [9.17, 15) is 18.8 Å². The normalized spacial score (nSPS) is 14.0. The van der Waals surface area contributed by atoms with Crippen LogP contribution < -0.4 is 22.3 Å². The average Bonchev–Trinajstić information content (AvgIpc) is 3.66. The highest BCUT2D eigenvalue weighted by atomic mass is 19.1. The molecule has 3 aromatic heterocycles. The number of nitrogens with one attached hydrogen (secondary N) is 1. The van der Waals surface area contributed by atoms with Gasteiger partial charge in [-0.15, -0.1) is 0 Å². The third kappa shape index (κ3) is 3.91. The zero-order valence-corrected chi connectivity index (χ0v) is 18.7. The van der Waals surface area contributed by atoms with Gasteiger partial charge in [0.1, 0.15) is 23.4 Å². The van der Waals surface area contributed by atoms with Crippen LogP contribution in [0, 0.1) is 23.0 Å². The molecule has 1 aliphatic carbocycles. The molecule has 0 saturated heterocycles. The monoisotopic (exact) mass is 473 g/mol. The van der Waals surface area contributed by atoms with Gasteiger partial charge in [0.2, 0.25) is 5.95 Å². The second-order valence-corrected chi connectivity index (χ2v) is 8.57. The fourth-order valence-electron chi connectivity index (χ4n) is 4.50. The molecule has 0 radical (unpaired) electrons. The number of nitriles is 1. The predicted octanol–water partition coefficient (Wildman–Crippen LogP) is 4.12. The Balaban J connectivity index is 1.80. The summed E-state index contributed by atoms with van der Waals surface area (Å²) in [7, 11) is 0. The summed E-state index contributed by atoms with van der Waals surface area (Å²) in [6.45, 7) is 1.81. The van der Waals surface area contributed by atoms with Crippen LogP contribution in [0.5, 0.6) is 0 Å². The summed E-state index contributed by atoms with van der Waals surface area (Å²) in [6, 6.07) is 9.95. The van der Waals surface area contributed by atoms with Gasteiger partial charge in [-0.2, -0.15) is 15.2 Å². The standard InChI is InChI=1S/C25H21F2N7O/c1-12(31-23-22(29)17(10-28)32-25(30)33-23)19-20(13-5-6-13)18-8-7-16(27)11-34(18)24(35)21(19)14-3-2-4-15(26)9-14/h2-4,7-9,11-13H,5-6,29H2,1H3,(H3,30,31,32,33). The van der Waals surface area contributed by atoms with E-state index in [1.807, 2.05) is 13.0 Å². The molecular weight excluding hydrogens is 452 g/mol. The smallest absolute Gasteiger partial charge is 0.263 e. The number of hydrogen-bond acceptors (Lipinski definition) is 7. The third-order valence-electron chi connectivity index (χ3n) is 6.13. The van der Waals surface area contributed by atoms with E-state index >= 15 is 0 Å². The molecule has 1 unspecified atom stereocenters. The number of pyridine rings is 2. The number of aromatic nitrogens is 3. The Morgan fingerprint density at radius 2 is 1.94 bits per heavy atom. The molecule has 0 aliphatic heterocycles. The van der Waals surface area contributed by atoms with Gasteiger partial charge in [-0.3, -0.25) is 9.20 Å². The largest absolute Gasteiger partial charge is 0.393 e. The minimum Gasteiger partial charge on any atom is -0.393 e. The van der Waals surface area contributed by atoms with Crippen molar-refractivity contribution in [1.82, 2.24) is 14.4 Å². The van der Waals surface area contributed by atoms with Crippen LogP contribution in [0.1, 0.15) is 48.5 Å². The van der Waals surface area contributed by atoms with Crippen molar-refractivity contribution in [1.29, 1.82) is 5.26 Å². The molecule has 1 saturated carbocycles. The van der Waals surface area contributed by atoms with Gasteiger partial charge in [-0.05, 0) is 66.6 Å². The van der Waals surface area contributed by atoms with Gasteiger partial charge in [0.25, 0.3) is 5.56 Å². The molecule has 5 rings (SSSR count). The lowest BCUT2D eigenvalue weighted by atomic mass is 9.89. The Morgan fingerprint density at radius 3 is 2.63 bits per heavy atom. The summed E-state index contributed by atoms with van der Waals surface area (Å²) in [6.07, 6.45) is 2.94. The molecule has 1 aromatic carbocycles. The number of rotatable bonds is 5. The van der Waals surface area contributed by atoms with E-state index in [-0.39, 0.29) is 34.6 Å². The summed E-state index contributed by atoms with van der Waals surface area (Å²) in [4.78, 5) is 21.7. The Hall–Kier alpha value is -4.52. The first kappa shape index (κ1) is 22.3. The number of benzene rings is 1. The van der Waals surface area contributed by atoms with Crippen LogP contribution in [0.25, 0.3) is 16.6 Å². The molecule has 5 N–H and O–H groups in total. The van der Waals surface area contributed by atoms with Crippen LogP contribution in [0.3, 0.4) is 0 Å². The Bertz CT molecular complexity index is 1590. The van der Waals surface area contributed by atoms with Crippen molar-refractivity contribution in [2.75, 3.05) is 16.8 Å². The molecule has 0 spiro atoms. The highest BCUT2D eigenvalue weighted by Gasteiger charge is 2.33. The molecule has 0 amide bonds. The van der Waals surface area contributed by atoms with Crippen molar-refractivity contribution in [3.63, 3.8) is 0 Å². The van der Waals surface area contributed by atoms with E-state index in [2.05, 4.69) is 15.3 Å². The van der Waals surface area contributed by atoms with E-state index in [4.69, 9.17) is 11.5 Å². The maximum absolute atomic E-state index is 14.2. The first-order valence-electron chi connectivity index (χ1n) is 11.0. The van der Waals surface area contributed by atoms with E-state index in [1.54, 1.807) is 12.1 Å². The average molecular weight is 473 g/mol. The minimum atomic E-state index is -0.560. The molecule has 0 bridgehead atoms. The van der Waals surface area contributed by atoms with Crippen LogP contribution >= 0.6 is 0 Å². The molecular formula is C25H21F2N7O. The minimum absolute atomic E-state index is 0.0217. The van der Waals surface area contributed by atoms with Crippen LogP contribution in [0.4, 0.5) is 26.2 Å². The van der Waals surface area contributed by atoms with Gasteiger partial charge in [0.15, 0.2) is 11.5 Å². The number of hydrogen-bond donors (Lipinski definition) is 3. The summed E-state index contributed by atoms with van der Waals surface area (Å²) in [5.74, 6) is -0.902. The van der Waals surface area contributed by atoms with Gasteiger partial charge in [0, 0.05) is 6.20 Å². The second-order valence-electron chi connectivity index (χ2n) is 8.57. The van der Waals surface area contributed by atoms with Crippen LogP contribution in [0.2, 0.25) is 0 Å². The predicted molar refractivity (Wildman–Crippen MR) is 129 cm³/mol. The first-order valence-corrected chi connectivity index (χ1v) is 11.0. The lowest BCUT2D eigenvalue weighted by molar-refractivity contribution is 0.617. The second kappa shape index (κ2) is 8.36. The summed E-state index contributed by atoms with van der Waals surface area (Å²) in [5.41, 5.74) is 14.0. The number of halogens is 2. The van der Waals surface area contributed by atoms with Crippen molar-refractivity contribution < 1.29 is 8.78 Å². The van der Waals surface area contributed by atoms with Crippen LogP contribution in [0.15, 0.2) is 47.4 Å².